The van der Waals surface area contributed by atoms with E-state index in [1.165, 1.54) is 26.4 Å². The molecule has 1 aliphatic carbocycles. The van der Waals surface area contributed by atoms with Gasteiger partial charge in [0.15, 0.2) is 11.5 Å². The summed E-state index contributed by atoms with van der Waals surface area (Å²) in [6, 6.07) is 5.19. The van der Waals surface area contributed by atoms with Crippen LogP contribution in [-0.4, -0.2) is 27.9 Å². The average molecular weight is 385 g/mol. The summed E-state index contributed by atoms with van der Waals surface area (Å²) in [5.41, 5.74) is 1.22. The fourth-order valence-electron chi connectivity index (χ4n) is 4.55. The number of benzene rings is 1. The molecule has 1 aromatic carbocycles. The average Bonchev–Trinajstić information content (AvgIpc) is 2.97. The summed E-state index contributed by atoms with van der Waals surface area (Å²) >= 11 is 0. The van der Waals surface area contributed by atoms with Gasteiger partial charge in [0.25, 0.3) is 5.56 Å². The van der Waals surface area contributed by atoms with Gasteiger partial charge in [-0.1, -0.05) is 38.2 Å². The number of amides is 1. The van der Waals surface area contributed by atoms with Crippen LogP contribution in [0.2, 0.25) is 0 Å². The van der Waals surface area contributed by atoms with Gasteiger partial charge < -0.3 is 15.2 Å². The molecule has 0 bridgehead atoms. The van der Waals surface area contributed by atoms with Crippen LogP contribution in [0.25, 0.3) is 0 Å². The number of aromatic hydroxyl groups is 1. The molecule has 3 N–H and O–H groups in total. The maximum atomic E-state index is 12.9. The summed E-state index contributed by atoms with van der Waals surface area (Å²) in [4.78, 5) is 25.4. The van der Waals surface area contributed by atoms with Crippen molar-refractivity contribution in [3.8, 4) is 11.5 Å². The van der Waals surface area contributed by atoms with E-state index in [1.807, 2.05) is 4.68 Å². The third kappa shape index (κ3) is 3.41. The number of fused-ring (bicyclic) bond motifs is 1. The van der Waals surface area contributed by atoms with Crippen molar-refractivity contribution >= 4 is 11.7 Å². The number of methoxy groups -OCH3 is 1. The van der Waals surface area contributed by atoms with Crippen molar-refractivity contribution in [2.24, 2.45) is 0 Å². The normalized spacial score (nSPS) is 20.8. The molecule has 28 heavy (non-hydrogen) atoms. The highest BCUT2D eigenvalue weighted by atomic mass is 16.5. The highest BCUT2D eigenvalue weighted by molar-refractivity contribution is 5.94. The van der Waals surface area contributed by atoms with Crippen LogP contribution in [0.15, 0.2) is 23.0 Å². The lowest BCUT2D eigenvalue weighted by atomic mass is 9.87. The van der Waals surface area contributed by atoms with Crippen LogP contribution in [0.4, 0.5) is 5.82 Å². The molecule has 7 heteroatoms. The second-order valence-electron chi connectivity index (χ2n) is 7.81. The standard InChI is InChI=1S/C21H27N3O4/c1-28-17-11-13(9-10-16(17)25)15-12-18(26)22-20-19(15)21(27)23-24(20)14-7-5-3-2-4-6-8-14/h9-11,14-15,25H,2-8,12H2,1H3,(H,22,26)(H,23,27)/t15-/m0/s1. The SMILES string of the molecule is COc1cc([C@@H]2CC(=O)Nc3c2c(=O)[nH]n3C2CCCCCCC2)ccc1O. The maximum Gasteiger partial charge on any atom is 0.270 e. The zero-order chi connectivity index (χ0) is 19.7. The van der Waals surface area contributed by atoms with Crippen LogP contribution >= 0.6 is 0 Å². The topological polar surface area (TPSA) is 96.4 Å². The highest BCUT2D eigenvalue weighted by Gasteiger charge is 2.34. The number of nitrogens with zero attached hydrogens (tertiary/aromatic N) is 1. The minimum Gasteiger partial charge on any atom is -0.504 e. The molecule has 0 unspecified atom stereocenters. The fraction of sp³-hybridized carbons (Fsp3) is 0.524. The lowest BCUT2D eigenvalue weighted by Crippen LogP contribution is -2.27. The van der Waals surface area contributed by atoms with Crippen LogP contribution in [0.3, 0.4) is 0 Å². The number of phenols is 1. The smallest absolute Gasteiger partial charge is 0.270 e. The van der Waals surface area contributed by atoms with E-state index in [0.717, 1.165) is 31.2 Å². The predicted octanol–water partition coefficient (Wildman–Crippen LogP) is 3.65. The Bertz CT molecular complexity index is 922. The van der Waals surface area contributed by atoms with Gasteiger partial charge in [0.05, 0.1) is 18.7 Å². The number of hydrogen-bond donors (Lipinski definition) is 3. The van der Waals surface area contributed by atoms with E-state index in [-0.39, 0.29) is 35.6 Å². The second kappa shape index (κ2) is 7.73. The molecular weight excluding hydrogens is 358 g/mol. The molecule has 2 heterocycles. The van der Waals surface area contributed by atoms with Crippen LogP contribution in [0.1, 0.15) is 74.5 Å². The molecule has 2 aliphatic rings. The highest BCUT2D eigenvalue weighted by Crippen LogP contribution is 2.40. The van der Waals surface area contributed by atoms with Crippen LogP contribution in [-0.2, 0) is 4.79 Å². The molecule has 1 aromatic heterocycles. The Labute approximate surface area is 163 Å². The van der Waals surface area contributed by atoms with Crippen molar-refractivity contribution in [1.82, 2.24) is 9.78 Å². The van der Waals surface area contributed by atoms with Gasteiger partial charge in [-0.3, -0.25) is 19.4 Å². The van der Waals surface area contributed by atoms with E-state index < -0.39 is 0 Å². The molecule has 2 aromatic rings. The van der Waals surface area contributed by atoms with Gasteiger partial charge in [-0.05, 0) is 30.5 Å². The molecule has 4 rings (SSSR count). The Hall–Kier alpha value is -2.70. The number of H-pyrrole nitrogens is 1. The van der Waals surface area contributed by atoms with Crippen molar-refractivity contribution in [3.05, 3.63) is 39.7 Å². The summed E-state index contributed by atoms with van der Waals surface area (Å²) in [6.45, 7) is 0. The number of aromatic nitrogens is 2. The Morgan fingerprint density at radius 1 is 1.11 bits per heavy atom. The first-order valence-electron chi connectivity index (χ1n) is 10.1. The first-order valence-corrected chi connectivity index (χ1v) is 10.1. The number of hydrogen-bond acceptors (Lipinski definition) is 4. The molecule has 150 valence electrons. The summed E-state index contributed by atoms with van der Waals surface area (Å²) in [7, 11) is 1.48. The Balaban J connectivity index is 1.75. The van der Waals surface area contributed by atoms with Crippen molar-refractivity contribution in [2.45, 2.75) is 63.3 Å². The number of ether oxygens (including phenoxy) is 1. The lowest BCUT2D eigenvalue weighted by Gasteiger charge is -2.27. The van der Waals surface area contributed by atoms with E-state index in [4.69, 9.17) is 4.74 Å². The third-order valence-corrected chi connectivity index (χ3v) is 6.00. The number of nitrogens with one attached hydrogen (secondary N) is 2. The fourth-order valence-corrected chi connectivity index (χ4v) is 4.55. The summed E-state index contributed by atoms with van der Waals surface area (Å²) in [5.74, 6) is 0.498. The lowest BCUT2D eigenvalue weighted by molar-refractivity contribution is -0.116. The van der Waals surface area contributed by atoms with Crippen molar-refractivity contribution in [2.75, 3.05) is 12.4 Å². The van der Waals surface area contributed by atoms with Gasteiger partial charge in [-0.15, -0.1) is 0 Å². The van der Waals surface area contributed by atoms with E-state index >= 15 is 0 Å². The Morgan fingerprint density at radius 3 is 2.54 bits per heavy atom. The summed E-state index contributed by atoms with van der Waals surface area (Å²) < 4.78 is 7.10. The molecule has 0 spiro atoms. The van der Waals surface area contributed by atoms with Crippen LogP contribution in [0, 0.1) is 0 Å². The van der Waals surface area contributed by atoms with E-state index in [0.29, 0.717) is 17.1 Å². The summed E-state index contributed by atoms with van der Waals surface area (Å²) in [5, 5.41) is 15.8. The molecule has 1 atom stereocenters. The van der Waals surface area contributed by atoms with Gasteiger partial charge in [0.2, 0.25) is 5.91 Å². The minimum atomic E-state index is -0.364. The molecule has 1 fully saturated rings. The van der Waals surface area contributed by atoms with E-state index in [2.05, 4.69) is 10.4 Å². The van der Waals surface area contributed by atoms with Gasteiger partial charge in [-0.2, -0.15) is 0 Å². The van der Waals surface area contributed by atoms with Crippen molar-refractivity contribution < 1.29 is 14.6 Å². The molecule has 1 aliphatic heterocycles. The second-order valence-corrected chi connectivity index (χ2v) is 7.81. The number of phenolic OH excluding ortho intramolecular Hbond substituents is 1. The summed E-state index contributed by atoms with van der Waals surface area (Å²) in [6.07, 6.45) is 8.17. The molecule has 7 nitrogen and oxygen atoms in total. The first-order chi connectivity index (χ1) is 13.6. The maximum absolute atomic E-state index is 12.9. The third-order valence-electron chi connectivity index (χ3n) is 6.00. The molecule has 0 radical (unpaired) electrons. The van der Waals surface area contributed by atoms with E-state index in [1.54, 1.807) is 18.2 Å². The number of carbonyl (C=O) groups excluding carboxylic acids is 1. The van der Waals surface area contributed by atoms with Crippen LogP contribution < -0.4 is 15.6 Å². The van der Waals surface area contributed by atoms with Gasteiger partial charge >= 0.3 is 0 Å². The molecule has 1 saturated carbocycles. The van der Waals surface area contributed by atoms with Gasteiger partial charge in [-0.25, -0.2) is 0 Å². The predicted molar refractivity (Wildman–Crippen MR) is 106 cm³/mol. The zero-order valence-electron chi connectivity index (χ0n) is 16.2. The van der Waals surface area contributed by atoms with Crippen molar-refractivity contribution in [3.63, 3.8) is 0 Å². The van der Waals surface area contributed by atoms with Crippen molar-refractivity contribution in [1.29, 1.82) is 0 Å². The monoisotopic (exact) mass is 385 g/mol. The number of carbonyl (C=O) groups is 1. The number of anilines is 1. The largest absolute Gasteiger partial charge is 0.504 e. The zero-order valence-corrected chi connectivity index (χ0v) is 16.2. The van der Waals surface area contributed by atoms with Gasteiger partial charge in [0, 0.05) is 12.3 Å². The Morgan fingerprint density at radius 2 is 1.82 bits per heavy atom. The van der Waals surface area contributed by atoms with Gasteiger partial charge in [0.1, 0.15) is 5.82 Å². The molecular formula is C21H27N3O4. The molecule has 0 saturated heterocycles. The molecule has 1 amide bonds. The minimum absolute atomic E-state index is 0.0349. The van der Waals surface area contributed by atoms with Crippen LogP contribution in [0.5, 0.6) is 11.5 Å². The first kappa shape index (κ1) is 18.7. The Kier molecular flexibility index (Phi) is 5.15. The van der Waals surface area contributed by atoms with E-state index in [9.17, 15) is 14.7 Å². The quantitative estimate of drug-likeness (QED) is 0.751. The number of rotatable bonds is 3. The number of aromatic amines is 1.